The molecule has 2 fully saturated rings. The number of nitrogens with one attached hydrogen (secondary N) is 2. The van der Waals surface area contributed by atoms with E-state index in [1.54, 1.807) is 11.3 Å². The SMILES string of the molecule is Cl.O=C(Nc1nc2c(s1)COCC2)C1CC2CCCCC2N1. The van der Waals surface area contributed by atoms with E-state index in [-0.39, 0.29) is 24.4 Å². The quantitative estimate of drug-likeness (QED) is 0.866. The lowest BCUT2D eigenvalue weighted by molar-refractivity contribution is -0.117. The summed E-state index contributed by atoms with van der Waals surface area (Å²) in [5.74, 6) is 0.767. The van der Waals surface area contributed by atoms with Crippen LogP contribution in [0.15, 0.2) is 0 Å². The molecular weight excluding hydrogens is 322 g/mol. The average Bonchev–Trinajstić information content (AvgIpc) is 3.10. The van der Waals surface area contributed by atoms with Gasteiger partial charge in [-0.1, -0.05) is 24.2 Å². The molecular formula is C15H22ClN3O2S. The molecule has 3 aliphatic rings. The van der Waals surface area contributed by atoms with Gasteiger partial charge in [-0.25, -0.2) is 4.98 Å². The second kappa shape index (κ2) is 6.83. The van der Waals surface area contributed by atoms with Gasteiger partial charge in [-0.05, 0) is 25.2 Å². The van der Waals surface area contributed by atoms with Crippen molar-refractivity contribution in [2.24, 2.45) is 5.92 Å². The third-order valence-corrected chi connectivity index (χ3v) is 5.89. The lowest BCUT2D eigenvalue weighted by atomic mass is 9.85. The fourth-order valence-corrected chi connectivity index (χ4v) is 4.74. The third kappa shape index (κ3) is 3.15. The minimum atomic E-state index is -0.0460. The van der Waals surface area contributed by atoms with Crippen molar-refractivity contribution in [3.8, 4) is 0 Å². The van der Waals surface area contributed by atoms with Gasteiger partial charge in [-0.15, -0.1) is 12.4 Å². The molecule has 3 heterocycles. The van der Waals surface area contributed by atoms with Gasteiger partial charge in [0.15, 0.2) is 5.13 Å². The molecule has 1 saturated carbocycles. The maximum Gasteiger partial charge on any atom is 0.243 e. The summed E-state index contributed by atoms with van der Waals surface area (Å²) in [7, 11) is 0. The van der Waals surface area contributed by atoms with E-state index in [2.05, 4.69) is 15.6 Å². The summed E-state index contributed by atoms with van der Waals surface area (Å²) in [5.41, 5.74) is 1.09. The molecule has 1 amide bonds. The second-order valence-corrected chi connectivity index (χ2v) is 7.37. The second-order valence-electron chi connectivity index (χ2n) is 6.29. The predicted molar refractivity (Wildman–Crippen MR) is 88.6 cm³/mol. The highest BCUT2D eigenvalue weighted by Gasteiger charge is 2.38. The number of aromatic nitrogens is 1. The fraction of sp³-hybridized carbons (Fsp3) is 0.733. The Morgan fingerprint density at radius 1 is 1.36 bits per heavy atom. The van der Waals surface area contributed by atoms with E-state index < -0.39 is 0 Å². The molecule has 0 aromatic carbocycles. The Morgan fingerprint density at radius 2 is 2.23 bits per heavy atom. The molecule has 1 aliphatic carbocycles. The zero-order chi connectivity index (χ0) is 14.2. The molecule has 0 spiro atoms. The summed E-state index contributed by atoms with van der Waals surface area (Å²) >= 11 is 1.55. The smallest absolute Gasteiger partial charge is 0.243 e. The van der Waals surface area contributed by atoms with Gasteiger partial charge in [-0.2, -0.15) is 0 Å². The van der Waals surface area contributed by atoms with Crippen molar-refractivity contribution >= 4 is 34.8 Å². The van der Waals surface area contributed by atoms with Gasteiger partial charge in [0, 0.05) is 12.5 Å². The van der Waals surface area contributed by atoms with Crippen molar-refractivity contribution < 1.29 is 9.53 Å². The van der Waals surface area contributed by atoms with Gasteiger partial charge in [0.05, 0.1) is 29.8 Å². The van der Waals surface area contributed by atoms with Crippen LogP contribution in [0.1, 0.15) is 42.7 Å². The maximum atomic E-state index is 12.4. The first-order valence-electron chi connectivity index (χ1n) is 7.93. The number of hydrogen-bond donors (Lipinski definition) is 2. The molecule has 122 valence electrons. The molecule has 2 N–H and O–H groups in total. The summed E-state index contributed by atoms with van der Waals surface area (Å²) in [6, 6.07) is 0.502. The molecule has 0 radical (unpaired) electrons. The predicted octanol–water partition coefficient (Wildman–Crippen LogP) is 2.50. The number of amides is 1. The Bertz CT molecular complexity index is 513. The Balaban J connectivity index is 0.00000144. The normalized spacial score (nSPS) is 30.1. The number of carbonyl (C=O) groups excluding carboxylic acids is 1. The average molecular weight is 344 g/mol. The van der Waals surface area contributed by atoms with Gasteiger partial charge in [0.2, 0.25) is 5.91 Å². The summed E-state index contributed by atoms with van der Waals surface area (Å²) in [4.78, 5) is 18.1. The highest BCUT2D eigenvalue weighted by molar-refractivity contribution is 7.15. The number of carbonyl (C=O) groups is 1. The number of fused-ring (bicyclic) bond motifs is 2. The standard InChI is InChI=1S/C15H21N3O2S.ClH/c19-14(12-7-9-3-1-2-4-10(9)16-12)18-15-17-11-5-6-20-8-13(11)21-15;/h9-10,12,16H,1-8H2,(H,17,18,19);1H. The van der Waals surface area contributed by atoms with Crippen LogP contribution >= 0.6 is 23.7 Å². The van der Waals surface area contributed by atoms with Crippen molar-refractivity contribution in [1.29, 1.82) is 0 Å². The molecule has 3 atom stereocenters. The van der Waals surface area contributed by atoms with E-state index in [0.717, 1.165) is 35.2 Å². The van der Waals surface area contributed by atoms with Gasteiger partial charge in [0.1, 0.15) is 0 Å². The van der Waals surface area contributed by atoms with Crippen LogP contribution in [0.5, 0.6) is 0 Å². The molecule has 22 heavy (non-hydrogen) atoms. The highest BCUT2D eigenvalue weighted by Crippen LogP contribution is 2.34. The third-order valence-electron chi connectivity index (χ3n) is 4.90. The highest BCUT2D eigenvalue weighted by atomic mass is 35.5. The number of ether oxygens (including phenoxy) is 1. The van der Waals surface area contributed by atoms with Crippen LogP contribution in [-0.4, -0.2) is 29.6 Å². The van der Waals surface area contributed by atoms with E-state index >= 15 is 0 Å². The van der Waals surface area contributed by atoms with Crippen molar-refractivity contribution in [3.63, 3.8) is 0 Å². The fourth-order valence-electron chi connectivity index (χ4n) is 3.79. The van der Waals surface area contributed by atoms with Crippen molar-refractivity contribution in [2.45, 2.75) is 57.2 Å². The maximum absolute atomic E-state index is 12.4. The topological polar surface area (TPSA) is 63.2 Å². The summed E-state index contributed by atoms with van der Waals surface area (Å²) in [5, 5.41) is 7.24. The van der Waals surface area contributed by atoms with Crippen molar-refractivity contribution in [2.75, 3.05) is 11.9 Å². The van der Waals surface area contributed by atoms with E-state index in [0.29, 0.717) is 18.6 Å². The lowest BCUT2D eigenvalue weighted by Crippen LogP contribution is -2.39. The van der Waals surface area contributed by atoms with Gasteiger partial charge in [0.25, 0.3) is 0 Å². The molecule has 5 nitrogen and oxygen atoms in total. The van der Waals surface area contributed by atoms with Gasteiger partial charge >= 0.3 is 0 Å². The molecule has 2 aliphatic heterocycles. The summed E-state index contributed by atoms with van der Waals surface area (Å²) in [6.07, 6.45) is 6.93. The molecule has 1 aromatic rings. The van der Waals surface area contributed by atoms with Crippen LogP contribution in [-0.2, 0) is 22.6 Å². The van der Waals surface area contributed by atoms with Gasteiger partial charge in [-0.3, -0.25) is 4.79 Å². The molecule has 0 bridgehead atoms. The van der Waals surface area contributed by atoms with E-state index in [1.165, 1.54) is 25.7 Å². The number of anilines is 1. The Kier molecular flexibility index (Phi) is 5.02. The van der Waals surface area contributed by atoms with Crippen LogP contribution in [0.2, 0.25) is 0 Å². The lowest BCUT2D eigenvalue weighted by Gasteiger charge is -2.24. The van der Waals surface area contributed by atoms with Gasteiger partial charge < -0.3 is 15.4 Å². The molecule has 7 heteroatoms. The first-order valence-corrected chi connectivity index (χ1v) is 8.74. The number of nitrogens with zero attached hydrogens (tertiary/aromatic N) is 1. The number of halogens is 1. The Morgan fingerprint density at radius 3 is 3.05 bits per heavy atom. The van der Waals surface area contributed by atoms with Crippen LogP contribution in [0, 0.1) is 5.92 Å². The zero-order valence-corrected chi connectivity index (χ0v) is 14.1. The minimum absolute atomic E-state index is 0. The van der Waals surface area contributed by atoms with Crippen LogP contribution in [0.25, 0.3) is 0 Å². The molecule has 1 aromatic heterocycles. The first kappa shape index (κ1) is 16.2. The largest absolute Gasteiger partial charge is 0.375 e. The first-order chi connectivity index (χ1) is 10.3. The molecule has 1 saturated heterocycles. The monoisotopic (exact) mass is 343 g/mol. The Labute approximate surface area is 140 Å². The van der Waals surface area contributed by atoms with Crippen molar-refractivity contribution in [1.82, 2.24) is 10.3 Å². The van der Waals surface area contributed by atoms with Crippen LogP contribution in [0.3, 0.4) is 0 Å². The van der Waals surface area contributed by atoms with E-state index in [4.69, 9.17) is 4.74 Å². The number of thiazole rings is 1. The zero-order valence-electron chi connectivity index (χ0n) is 12.5. The minimum Gasteiger partial charge on any atom is -0.375 e. The van der Waals surface area contributed by atoms with Crippen LogP contribution < -0.4 is 10.6 Å². The Hall–Kier alpha value is -0.690. The molecule has 4 rings (SSSR count). The number of hydrogen-bond acceptors (Lipinski definition) is 5. The summed E-state index contributed by atoms with van der Waals surface area (Å²) < 4.78 is 5.42. The molecule has 3 unspecified atom stereocenters. The van der Waals surface area contributed by atoms with E-state index in [1.807, 2.05) is 0 Å². The van der Waals surface area contributed by atoms with Crippen LogP contribution in [0.4, 0.5) is 5.13 Å². The van der Waals surface area contributed by atoms with Crippen molar-refractivity contribution in [3.05, 3.63) is 10.6 Å². The van der Waals surface area contributed by atoms with E-state index in [9.17, 15) is 4.79 Å². The summed E-state index contributed by atoms with van der Waals surface area (Å²) in [6.45, 7) is 1.37. The number of rotatable bonds is 2.